The van der Waals surface area contributed by atoms with Gasteiger partial charge in [-0.05, 0) is 58.0 Å². The first-order valence-corrected chi connectivity index (χ1v) is 18.1. The molecule has 0 bridgehead atoms. The van der Waals surface area contributed by atoms with E-state index in [9.17, 15) is 0 Å². The Balaban J connectivity index is 0.000000207. The van der Waals surface area contributed by atoms with Gasteiger partial charge >= 0.3 is 0 Å². The van der Waals surface area contributed by atoms with Gasteiger partial charge < -0.3 is 9.97 Å². The molecule has 0 saturated heterocycles. The van der Waals surface area contributed by atoms with Gasteiger partial charge in [0, 0.05) is 38.6 Å². The Bertz CT molecular complexity index is 1790. The topological polar surface area (TPSA) is 25.8 Å². The van der Waals surface area contributed by atoms with Crippen LogP contribution in [-0.4, -0.2) is 18.0 Å². The van der Waals surface area contributed by atoms with Gasteiger partial charge in [-0.15, -0.1) is 59.7 Å². The summed E-state index contributed by atoms with van der Waals surface area (Å²) in [6.07, 6.45) is 4.60. The molecule has 41 heavy (non-hydrogen) atoms. The minimum Gasteiger partial charge on any atom is -0.305 e. The van der Waals surface area contributed by atoms with Crippen LogP contribution in [0.5, 0.6) is 0 Å². The van der Waals surface area contributed by atoms with E-state index in [1.165, 1.54) is 30.9 Å². The fourth-order valence-corrected chi connectivity index (χ4v) is 6.86. The molecule has 0 spiro atoms. The second-order valence-corrected chi connectivity index (χ2v) is 17.3. The van der Waals surface area contributed by atoms with Gasteiger partial charge in [0.15, 0.2) is 0 Å². The fourth-order valence-electron chi connectivity index (χ4n) is 4.63. The molecule has 1 atom stereocenters. The molecular formula is C36H36IrN2SSi-2. The Labute approximate surface area is 264 Å². The molecule has 6 aromatic rings. The SMILES string of the molecule is C[Si](C)(C)c1ccc(-c2[c-]cccc2)nc1.[2H]C(C)(CC)c1ccnc(-c2[c-]ccc3c2sc2ccc(C)cc23)c1.[Ir]. The Kier molecular flexibility index (Phi) is 9.62. The Morgan fingerprint density at radius 2 is 1.73 bits per heavy atom. The van der Waals surface area contributed by atoms with Gasteiger partial charge in [-0.1, -0.05) is 80.3 Å². The number of nitrogens with zero attached hydrogens (tertiary/aromatic N) is 2. The van der Waals surface area contributed by atoms with Crippen LogP contribution in [0.2, 0.25) is 19.6 Å². The first-order valence-electron chi connectivity index (χ1n) is 14.3. The normalized spacial score (nSPS) is 13.1. The van der Waals surface area contributed by atoms with E-state index >= 15 is 0 Å². The second kappa shape index (κ2) is 13.4. The van der Waals surface area contributed by atoms with Crippen LogP contribution in [0.15, 0.2) is 91.3 Å². The van der Waals surface area contributed by atoms with Crippen molar-refractivity contribution >= 4 is 44.8 Å². The van der Waals surface area contributed by atoms with Gasteiger partial charge in [0.2, 0.25) is 0 Å². The van der Waals surface area contributed by atoms with E-state index in [0.717, 1.165) is 34.5 Å². The number of aryl methyl sites for hydroxylation is 1. The van der Waals surface area contributed by atoms with Crippen LogP contribution in [-0.2, 0) is 20.1 Å². The van der Waals surface area contributed by atoms with Crippen molar-refractivity contribution in [3.8, 4) is 22.5 Å². The van der Waals surface area contributed by atoms with Crippen molar-refractivity contribution in [3.05, 3.63) is 115 Å². The fraction of sp³-hybridized carbons (Fsp3) is 0.222. The van der Waals surface area contributed by atoms with Gasteiger partial charge in [0.25, 0.3) is 0 Å². The van der Waals surface area contributed by atoms with Crippen molar-refractivity contribution in [2.45, 2.75) is 52.7 Å². The molecule has 0 fully saturated rings. The summed E-state index contributed by atoms with van der Waals surface area (Å²) >= 11 is 1.79. The van der Waals surface area contributed by atoms with Gasteiger partial charge in [-0.25, -0.2) is 0 Å². The average Bonchev–Trinajstić information content (AvgIpc) is 3.35. The number of rotatable bonds is 5. The summed E-state index contributed by atoms with van der Waals surface area (Å²) in [5, 5.41) is 3.95. The van der Waals surface area contributed by atoms with Crippen LogP contribution in [0.25, 0.3) is 42.7 Å². The van der Waals surface area contributed by atoms with E-state index < -0.39 is 14.0 Å². The maximum Gasteiger partial charge on any atom is 0.0795 e. The van der Waals surface area contributed by atoms with E-state index in [4.69, 9.17) is 1.37 Å². The number of fused-ring (bicyclic) bond motifs is 3. The molecule has 3 aromatic carbocycles. The third kappa shape index (κ3) is 7.10. The third-order valence-corrected chi connectivity index (χ3v) is 10.5. The first kappa shape index (κ1) is 29.5. The monoisotopic (exact) mass is 750 g/mol. The molecule has 0 saturated carbocycles. The number of hydrogen-bond acceptors (Lipinski definition) is 3. The number of pyridine rings is 2. The Hall–Kier alpha value is -2.95. The van der Waals surface area contributed by atoms with Crippen LogP contribution in [0.4, 0.5) is 0 Å². The molecule has 0 amide bonds. The Morgan fingerprint density at radius 3 is 2.41 bits per heavy atom. The average molecular weight is 750 g/mol. The molecule has 1 unspecified atom stereocenters. The quantitative estimate of drug-likeness (QED) is 0.130. The number of hydrogen-bond donors (Lipinski definition) is 0. The molecule has 0 aliphatic rings. The van der Waals surface area contributed by atoms with E-state index in [1.807, 2.05) is 62.6 Å². The van der Waals surface area contributed by atoms with E-state index in [-0.39, 0.29) is 20.1 Å². The summed E-state index contributed by atoms with van der Waals surface area (Å²) in [5.74, 6) is -0.594. The maximum atomic E-state index is 8.51. The van der Waals surface area contributed by atoms with Crippen molar-refractivity contribution in [2.75, 3.05) is 0 Å². The summed E-state index contributed by atoms with van der Waals surface area (Å²) in [7, 11) is -1.23. The van der Waals surface area contributed by atoms with Crippen LogP contribution in [0, 0.1) is 19.1 Å². The van der Waals surface area contributed by atoms with Gasteiger partial charge in [-0.2, -0.15) is 11.3 Å². The molecule has 5 heteroatoms. The van der Waals surface area contributed by atoms with Crippen LogP contribution in [0.3, 0.4) is 0 Å². The van der Waals surface area contributed by atoms with Gasteiger partial charge in [0.05, 0.1) is 8.07 Å². The molecule has 0 aliphatic carbocycles. The largest absolute Gasteiger partial charge is 0.305 e. The zero-order valence-electron chi connectivity index (χ0n) is 25.5. The van der Waals surface area contributed by atoms with E-state index in [2.05, 4.69) is 91.1 Å². The Morgan fingerprint density at radius 1 is 0.902 bits per heavy atom. The molecule has 3 heterocycles. The number of benzene rings is 3. The molecule has 0 aliphatic heterocycles. The van der Waals surface area contributed by atoms with Gasteiger partial charge in [0.1, 0.15) is 0 Å². The van der Waals surface area contributed by atoms with Crippen molar-refractivity contribution in [2.24, 2.45) is 0 Å². The van der Waals surface area contributed by atoms with Crippen LogP contribution < -0.4 is 5.19 Å². The van der Waals surface area contributed by atoms with E-state index in [1.54, 1.807) is 11.3 Å². The standard InChI is InChI=1S/C22H20NS.C14H16NSi.Ir/c1-4-15(3)16-10-11-23-20(13-16)18-7-5-6-17-19-12-14(2)8-9-21(19)24-22(17)18;1-16(2,3)13-9-10-14(15-11-13)12-7-5-4-6-8-12;/h5-6,8-13,15H,4H2,1-3H3;4-7,9-11H,1-3H3;/q2*-1;/i15D;;. The van der Waals surface area contributed by atoms with Crippen LogP contribution in [0.1, 0.15) is 38.7 Å². The van der Waals surface area contributed by atoms with Gasteiger partial charge in [-0.3, -0.25) is 0 Å². The van der Waals surface area contributed by atoms with Crippen molar-refractivity contribution in [1.82, 2.24) is 9.97 Å². The first-order chi connectivity index (χ1) is 19.6. The zero-order valence-corrected chi connectivity index (χ0v) is 28.7. The minimum atomic E-state index is -1.23. The summed E-state index contributed by atoms with van der Waals surface area (Å²) < 4.78 is 11.0. The molecule has 211 valence electrons. The predicted molar refractivity (Wildman–Crippen MR) is 176 cm³/mol. The maximum absolute atomic E-state index is 8.51. The molecule has 3 aromatic heterocycles. The number of aromatic nitrogens is 2. The van der Waals surface area contributed by atoms with Crippen molar-refractivity contribution < 1.29 is 21.5 Å². The zero-order chi connectivity index (χ0) is 29.2. The van der Waals surface area contributed by atoms with Crippen LogP contribution >= 0.6 is 11.3 Å². The smallest absolute Gasteiger partial charge is 0.0795 e. The third-order valence-electron chi connectivity index (χ3n) is 7.24. The summed E-state index contributed by atoms with van der Waals surface area (Å²) in [4.78, 5) is 9.11. The van der Waals surface area contributed by atoms with Crippen molar-refractivity contribution in [3.63, 3.8) is 0 Å². The molecule has 0 N–H and O–H groups in total. The molecule has 6 rings (SSSR count). The summed E-state index contributed by atoms with van der Waals surface area (Å²) in [5.41, 5.74) is 6.27. The minimum absolute atomic E-state index is 0. The van der Waals surface area contributed by atoms with Crippen molar-refractivity contribution in [1.29, 1.82) is 0 Å². The second-order valence-electron chi connectivity index (χ2n) is 11.2. The summed E-state index contributed by atoms with van der Waals surface area (Å²) in [6.45, 7) is 13.1. The molecule has 2 nitrogen and oxygen atoms in total. The summed E-state index contributed by atoms with van der Waals surface area (Å²) in [6, 6.07) is 33.6. The van der Waals surface area contributed by atoms with E-state index in [0.29, 0.717) is 0 Å². The predicted octanol–water partition coefficient (Wildman–Crippen LogP) is 9.83. The molecule has 1 radical (unpaired) electrons. The molecular weight excluding hydrogens is 713 g/mol. The number of thiophene rings is 1.